The van der Waals surface area contributed by atoms with E-state index in [0.717, 1.165) is 12.8 Å². The van der Waals surface area contributed by atoms with Crippen LogP contribution in [0.25, 0.3) is 0 Å². The minimum absolute atomic E-state index is 0.169. The molecule has 2 N–H and O–H groups in total. The van der Waals surface area contributed by atoms with Gasteiger partial charge in [0.05, 0.1) is 10.6 Å². The molecule has 1 saturated heterocycles. The van der Waals surface area contributed by atoms with E-state index >= 15 is 0 Å². The van der Waals surface area contributed by atoms with E-state index in [1.54, 1.807) is 19.9 Å². The zero-order valence-corrected chi connectivity index (χ0v) is 14.5. The third-order valence-corrected chi connectivity index (χ3v) is 4.37. The van der Waals surface area contributed by atoms with Crippen LogP contribution < -0.4 is 5.32 Å². The van der Waals surface area contributed by atoms with Crippen molar-refractivity contribution in [3.63, 3.8) is 0 Å². The van der Waals surface area contributed by atoms with Gasteiger partial charge in [0.25, 0.3) is 5.91 Å². The van der Waals surface area contributed by atoms with Crippen molar-refractivity contribution in [3.05, 3.63) is 28.8 Å². The number of carbonyl (C=O) groups is 3. The van der Waals surface area contributed by atoms with E-state index in [-0.39, 0.29) is 22.4 Å². The minimum atomic E-state index is -1.01. The van der Waals surface area contributed by atoms with E-state index in [2.05, 4.69) is 5.32 Å². The molecule has 1 aliphatic heterocycles. The van der Waals surface area contributed by atoms with Crippen molar-refractivity contribution >= 4 is 35.1 Å². The Bertz CT molecular complexity index is 660. The van der Waals surface area contributed by atoms with Crippen molar-refractivity contribution < 1.29 is 19.5 Å². The number of piperidine rings is 1. The van der Waals surface area contributed by atoms with E-state index in [1.165, 1.54) is 17.0 Å². The fraction of sp³-hybridized carbons (Fsp3) is 0.471. The predicted molar refractivity (Wildman–Crippen MR) is 91.2 cm³/mol. The van der Waals surface area contributed by atoms with Crippen molar-refractivity contribution in [1.29, 1.82) is 0 Å². The van der Waals surface area contributed by atoms with Gasteiger partial charge in [0.2, 0.25) is 5.91 Å². The Balaban J connectivity index is 2.27. The number of hydrogen-bond donors (Lipinski definition) is 2. The molecule has 0 saturated carbocycles. The summed E-state index contributed by atoms with van der Waals surface area (Å²) in [5.74, 6) is -1.80. The Morgan fingerprint density at radius 1 is 1.29 bits per heavy atom. The van der Waals surface area contributed by atoms with Crippen LogP contribution in [0.1, 0.15) is 43.5 Å². The third kappa shape index (κ3) is 4.06. The summed E-state index contributed by atoms with van der Waals surface area (Å²) in [5.41, 5.74) is 0.664. The zero-order valence-electron chi connectivity index (χ0n) is 13.7. The van der Waals surface area contributed by atoms with Gasteiger partial charge >= 0.3 is 5.97 Å². The number of carboxylic acid groups (broad SMARTS) is 1. The van der Waals surface area contributed by atoms with Crippen LogP contribution in [0.5, 0.6) is 0 Å². The second-order valence-electron chi connectivity index (χ2n) is 6.19. The lowest BCUT2D eigenvalue weighted by molar-refractivity contribution is -0.143. The molecule has 1 fully saturated rings. The summed E-state index contributed by atoms with van der Waals surface area (Å²) in [5, 5.41) is 12.3. The number of carboxylic acids is 1. The van der Waals surface area contributed by atoms with E-state index < -0.39 is 17.9 Å². The maximum atomic E-state index is 12.8. The number of aliphatic carboxylic acids is 1. The second-order valence-corrected chi connectivity index (χ2v) is 6.59. The molecule has 0 unspecified atom stereocenters. The summed E-state index contributed by atoms with van der Waals surface area (Å²) in [6, 6.07) is 3.81. The Morgan fingerprint density at radius 3 is 2.62 bits per heavy atom. The molecule has 0 bridgehead atoms. The molecule has 24 heavy (non-hydrogen) atoms. The third-order valence-electron chi connectivity index (χ3n) is 4.04. The number of carbonyl (C=O) groups excluding carboxylic acids is 2. The normalized spacial score (nSPS) is 17.7. The van der Waals surface area contributed by atoms with Gasteiger partial charge in [0.1, 0.15) is 6.04 Å². The quantitative estimate of drug-likeness (QED) is 0.872. The van der Waals surface area contributed by atoms with Gasteiger partial charge in [-0.3, -0.25) is 9.59 Å². The maximum absolute atomic E-state index is 12.8. The maximum Gasteiger partial charge on any atom is 0.326 e. The highest BCUT2D eigenvalue weighted by molar-refractivity contribution is 6.34. The van der Waals surface area contributed by atoms with Gasteiger partial charge in [-0.1, -0.05) is 25.4 Å². The topological polar surface area (TPSA) is 86.7 Å². The first kappa shape index (κ1) is 18.3. The summed E-state index contributed by atoms with van der Waals surface area (Å²) in [6.07, 6.45) is 1.97. The molecule has 1 aliphatic rings. The number of likely N-dealkylation sites (tertiary alicyclic amines) is 1. The molecule has 2 rings (SSSR count). The first-order chi connectivity index (χ1) is 11.3. The first-order valence-corrected chi connectivity index (χ1v) is 8.33. The molecule has 1 atom stereocenters. The average molecular weight is 353 g/mol. The van der Waals surface area contributed by atoms with E-state index in [9.17, 15) is 19.5 Å². The van der Waals surface area contributed by atoms with Gasteiger partial charge in [0.15, 0.2) is 0 Å². The van der Waals surface area contributed by atoms with Crippen LogP contribution in [0.4, 0.5) is 5.69 Å². The first-order valence-electron chi connectivity index (χ1n) is 7.95. The summed E-state index contributed by atoms with van der Waals surface area (Å²) in [4.78, 5) is 37.3. The van der Waals surface area contributed by atoms with Crippen LogP contribution >= 0.6 is 11.6 Å². The van der Waals surface area contributed by atoms with Gasteiger partial charge in [-0.05, 0) is 37.5 Å². The lowest BCUT2D eigenvalue weighted by atomic mass is 10.0. The Morgan fingerprint density at radius 2 is 2.00 bits per heavy atom. The second kappa shape index (κ2) is 7.66. The van der Waals surface area contributed by atoms with Crippen LogP contribution in [0, 0.1) is 5.92 Å². The summed E-state index contributed by atoms with van der Waals surface area (Å²) < 4.78 is 0. The van der Waals surface area contributed by atoms with Crippen LogP contribution in [-0.2, 0) is 9.59 Å². The highest BCUT2D eigenvalue weighted by Gasteiger charge is 2.33. The molecular weight excluding hydrogens is 332 g/mol. The van der Waals surface area contributed by atoms with Gasteiger partial charge in [-0.15, -0.1) is 0 Å². The molecule has 0 aromatic heterocycles. The number of rotatable bonds is 4. The lowest BCUT2D eigenvalue weighted by Gasteiger charge is -2.33. The molecule has 6 nitrogen and oxygen atoms in total. The standard InChI is InChI=1S/C17H21ClN2O4/c1-10(2)15(21)19-11-6-7-13(18)12(9-11)16(22)20-8-4-3-5-14(20)17(23)24/h6-7,9-10,14H,3-5,8H2,1-2H3,(H,19,21)(H,23,24)/t14-/m1/s1. The highest BCUT2D eigenvalue weighted by Crippen LogP contribution is 2.26. The summed E-state index contributed by atoms with van der Waals surface area (Å²) in [6.45, 7) is 3.92. The van der Waals surface area contributed by atoms with Crippen LogP contribution in [0.2, 0.25) is 5.02 Å². The Labute approximate surface area is 145 Å². The molecule has 7 heteroatoms. The number of halogens is 1. The number of benzene rings is 1. The van der Waals surface area contributed by atoms with Crippen molar-refractivity contribution in [2.24, 2.45) is 5.92 Å². The van der Waals surface area contributed by atoms with Crippen molar-refractivity contribution in [2.75, 3.05) is 11.9 Å². The molecule has 0 spiro atoms. The number of anilines is 1. The number of nitrogens with one attached hydrogen (secondary N) is 1. The molecule has 1 heterocycles. The van der Waals surface area contributed by atoms with Crippen molar-refractivity contribution in [2.45, 2.75) is 39.2 Å². The van der Waals surface area contributed by atoms with Crippen LogP contribution in [0.15, 0.2) is 18.2 Å². The van der Waals surface area contributed by atoms with Gasteiger partial charge in [0, 0.05) is 18.2 Å². The molecule has 2 amide bonds. The number of hydrogen-bond acceptors (Lipinski definition) is 3. The van der Waals surface area contributed by atoms with Crippen molar-refractivity contribution in [1.82, 2.24) is 4.90 Å². The zero-order chi connectivity index (χ0) is 17.9. The van der Waals surface area contributed by atoms with E-state index in [0.29, 0.717) is 18.7 Å². The van der Waals surface area contributed by atoms with Gasteiger partial charge in [-0.2, -0.15) is 0 Å². The van der Waals surface area contributed by atoms with Gasteiger partial charge in [-0.25, -0.2) is 4.79 Å². The monoisotopic (exact) mass is 352 g/mol. The van der Waals surface area contributed by atoms with Crippen LogP contribution in [0.3, 0.4) is 0 Å². The van der Waals surface area contributed by atoms with Crippen LogP contribution in [-0.4, -0.2) is 40.4 Å². The molecular formula is C17H21ClN2O4. The van der Waals surface area contributed by atoms with E-state index in [1.807, 2.05) is 0 Å². The molecule has 0 radical (unpaired) electrons. The van der Waals surface area contributed by atoms with Crippen molar-refractivity contribution in [3.8, 4) is 0 Å². The largest absolute Gasteiger partial charge is 0.480 e. The lowest BCUT2D eigenvalue weighted by Crippen LogP contribution is -2.48. The summed E-state index contributed by atoms with van der Waals surface area (Å²) >= 11 is 6.13. The molecule has 1 aromatic rings. The van der Waals surface area contributed by atoms with E-state index in [4.69, 9.17) is 11.6 Å². The molecule has 130 valence electrons. The Hall–Kier alpha value is -2.08. The average Bonchev–Trinajstić information content (AvgIpc) is 2.55. The van der Waals surface area contributed by atoms with Gasteiger partial charge < -0.3 is 15.3 Å². The minimum Gasteiger partial charge on any atom is -0.480 e. The number of amides is 2. The molecule has 0 aliphatic carbocycles. The predicted octanol–water partition coefficient (Wildman–Crippen LogP) is 3.01. The highest BCUT2D eigenvalue weighted by atomic mass is 35.5. The smallest absolute Gasteiger partial charge is 0.326 e. The fourth-order valence-corrected chi connectivity index (χ4v) is 2.84. The summed E-state index contributed by atoms with van der Waals surface area (Å²) in [7, 11) is 0. The molecule has 1 aromatic carbocycles. The Kier molecular flexibility index (Phi) is 5.83. The number of nitrogens with zero attached hydrogens (tertiary/aromatic N) is 1. The SMILES string of the molecule is CC(C)C(=O)Nc1ccc(Cl)c(C(=O)N2CCCC[C@@H]2C(=O)O)c1. The fourth-order valence-electron chi connectivity index (χ4n) is 2.64.